The monoisotopic (exact) mass is 285 g/mol. The minimum atomic E-state index is -1.09. The van der Waals surface area contributed by atoms with Gasteiger partial charge in [-0.05, 0) is 26.8 Å². The summed E-state index contributed by atoms with van der Waals surface area (Å²) in [6.45, 7) is 5.01. The second-order valence-corrected chi connectivity index (χ2v) is 5.24. The highest BCUT2D eigenvalue weighted by atomic mass is 19.2. The molecular weight excluding hydrogens is 268 g/mol. The topological polar surface area (TPSA) is 55.4 Å². The van der Waals surface area contributed by atoms with Crippen LogP contribution in [0, 0.1) is 11.6 Å². The fourth-order valence-electron chi connectivity index (χ4n) is 1.60. The molecule has 0 saturated carbocycles. The Balaban J connectivity index is 2.92. The van der Waals surface area contributed by atoms with E-state index in [1.807, 2.05) is 0 Å². The van der Waals surface area contributed by atoms with Gasteiger partial charge in [-0.3, -0.25) is 0 Å². The van der Waals surface area contributed by atoms with Crippen LogP contribution in [0.2, 0.25) is 0 Å². The van der Waals surface area contributed by atoms with Crippen LogP contribution in [0.1, 0.15) is 38.8 Å². The summed E-state index contributed by atoms with van der Waals surface area (Å²) in [7, 11) is 0. The van der Waals surface area contributed by atoms with Crippen molar-refractivity contribution in [2.24, 2.45) is 0 Å². The third-order valence-corrected chi connectivity index (χ3v) is 2.38. The maximum absolute atomic E-state index is 13.7. The number of alkyl carbamates (subject to hydrolysis) is 1. The molecule has 1 aromatic carbocycles. The number of hydrogen-bond donors (Lipinski definition) is 1. The average molecular weight is 285 g/mol. The minimum Gasteiger partial charge on any atom is -0.444 e. The lowest BCUT2D eigenvalue weighted by Gasteiger charge is -2.23. The van der Waals surface area contributed by atoms with Crippen LogP contribution in [0.4, 0.5) is 13.6 Å². The minimum absolute atomic E-state index is 0.0945. The van der Waals surface area contributed by atoms with Gasteiger partial charge in [-0.1, -0.05) is 12.1 Å². The first-order valence-corrected chi connectivity index (χ1v) is 6.11. The van der Waals surface area contributed by atoms with Gasteiger partial charge in [-0.25, -0.2) is 13.6 Å². The molecule has 110 valence electrons. The molecule has 0 unspecified atom stereocenters. The largest absolute Gasteiger partial charge is 0.444 e. The predicted octanol–water partition coefficient (Wildman–Crippen LogP) is 3.12. The van der Waals surface area contributed by atoms with E-state index in [1.54, 1.807) is 20.8 Å². The van der Waals surface area contributed by atoms with Gasteiger partial charge in [0.05, 0.1) is 6.04 Å². The second kappa shape index (κ2) is 6.45. The summed E-state index contributed by atoms with van der Waals surface area (Å²) in [4.78, 5) is 22.3. The highest BCUT2D eigenvalue weighted by molar-refractivity contribution is 5.69. The Morgan fingerprint density at radius 1 is 1.40 bits per heavy atom. The Morgan fingerprint density at radius 2 is 2.05 bits per heavy atom. The highest BCUT2D eigenvalue weighted by Crippen LogP contribution is 2.22. The molecule has 0 saturated heterocycles. The lowest BCUT2D eigenvalue weighted by Crippen LogP contribution is -2.35. The van der Waals surface area contributed by atoms with E-state index in [4.69, 9.17) is 4.74 Å². The van der Waals surface area contributed by atoms with Gasteiger partial charge >= 0.3 is 6.09 Å². The van der Waals surface area contributed by atoms with E-state index < -0.39 is 29.4 Å². The summed E-state index contributed by atoms with van der Waals surface area (Å²) in [6.07, 6.45) is -0.459. The number of halogens is 2. The third kappa shape index (κ3) is 4.60. The lowest BCUT2D eigenvalue weighted by molar-refractivity contribution is -0.108. The molecule has 0 aliphatic carbocycles. The number of carbonyl (C=O) groups is 2. The normalized spacial score (nSPS) is 12.7. The molecule has 1 N–H and O–H groups in total. The predicted molar refractivity (Wildman–Crippen MR) is 69.1 cm³/mol. The maximum atomic E-state index is 13.7. The quantitative estimate of drug-likeness (QED) is 0.865. The van der Waals surface area contributed by atoms with Gasteiger partial charge in [0.15, 0.2) is 11.6 Å². The molecule has 1 aromatic rings. The first-order chi connectivity index (χ1) is 9.24. The van der Waals surface area contributed by atoms with E-state index in [-0.39, 0.29) is 12.0 Å². The summed E-state index contributed by atoms with van der Waals surface area (Å²) < 4.78 is 31.9. The number of amides is 1. The number of aldehydes is 1. The van der Waals surface area contributed by atoms with Crippen molar-refractivity contribution in [2.75, 3.05) is 0 Å². The van der Waals surface area contributed by atoms with E-state index in [0.29, 0.717) is 6.29 Å². The van der Waals surface area contributed by atoms with Crippen molar-refractivity contribution < 1.29 is 23.1 Å². The summed E-state index contributed by atoms with van der Waals surface area (Å²) in [5.74, 6) is -2.13. The zero-order valence-corrected chi connectivity index (χ0v) is 11.6. The van der Waals surface area contributed by atoms with Crippen molar-refractivity contribution in [1.29, 1.82) is 0 Å². The van der Waals surface area contributed by atoms with E-state index in [1.165, 1.54) is 12.1 Å². The fourth-order valence-corrected chi connectivity index (χ4v) is 1.60. The number of benzene rings is 1. The Labute approximate surface area is 116 Å². The first-order valence-electron chi connectivity index (χ1n) is 6.11. The van der Waals surface area contributed by atoms with Crippen molar-refractivity contribution in [1.82, 2.24) is 5.32 Å². The molecular formula is C14H17F2NO3. The Hall–Kier alpha value is -1.98. The molecule has 0 spiro atoms. The van der Waals surface area contributed by atoms with E-state index in [2.05, 4.69) is 5.32 Å². The molecule has 6 heteroatoms. The molecule has 1 atom stereocenters. The molecule has 0 aromatic heterocycles. The van der Waals surface area contributed by atoms with Gasteiger partial charge in [0, 0.05) is 12.0 Å². The van der Waals surface area contributed by atoms with Crippen LogP contribution in [0.15, 0.2) is 18.2 Å². The number of carbonyl (C=O) groups excluding carboxylic acids is 2. The molecule has 4 nitrogen and oxygen atoms in total. The molecule has 0 fully saturated rings. The number of nitrogens with one attached hydrogen (secondary N) is 1. The van der Waals surface area contributed by atoms with Crippen molar-refractivity contribution in [2.45, 2.75) is 38.8 Å². The van der Waals surface area contributed by atoms with Crippen LogP contribution in [0.3, 0.4) is 0 Å². The van der Waals surface area contributed by atoms with Crippen LogP contribution in [0.5, 0.6) is 0 Å². The average Bonchev–Trinajstić information content (AvgIpc) is 2.30. The Kier molecular flexibility index (Phi) is 5.19. The van der Waals surface area contributed by atoms with E-state index >= 15 is 0 Å². The second-order valence-electron chi connectivity index (χ2n) is 5.24. The van der Waals surface area contributed by atoms with E-state index in [9.17, 15) is 18.4 Å². The zero-order chi connectivity index (χ0) is 15.3. The molecule has 0 aliphatic heterocycles. The van der Waals surface area contributed by atoms with Crippen molar-refractivity contribution in [3.63, 3.8) is 0 Å². The Bertz CT molecular complexity index is 498. The van der Waals surface area contributed by atoms with Crippen LogP contribution < -0.4 is 5.32 Å². The summed E-state index contributed by atoms with van der Waals surface area (Å²) in [6, 6.07) is 2.61. The van der Waals surface area contributed by atoms with Gasteiger partial charge in [-0.15, -0.1) is 0 Å². The molecule has 0 heterocycles. The molecule has 20 heavy (non-hydrogen) atoms. The smallest absolute Gasteiger partial charge is 0.408 e. The summed E-state index contributed by atoms with van der Waals surface area (Å²) >= 11 is 0. The zero-order valence-electron chi connectivity index (χ0n) is 11.6. The van der Waals surface area contributed by atoms with Crippen molar-refractivity contribution in [3.05, 3.63) is 35.4 Å². The highest BCUT2D eigenvalue weighted by Gasteiger charge is 2.23. The van der Waals surface area contributed by atoms with Gasteiger partial charge in [0.25, 0.3) is 0 Å². The molecule has 0 aliphatic rings. The maximum Gasteiger partial charge on any atom is 0.408 e. The van der Waals surface area contributed by atoms with Crippen LogP contribution in [0.25, 0.3) is 0 Å². The molecule has 1 amide bonds. The van der Waals surface area contributed by atoms with Gasteiger partial charge < -0.3 is 14.8 Å². The molecule has 1 rings (SSSR count). The molecule has 0 radical (unpaired) electrons. The third-order valence-electron chi connectivity index (χ3n) is 2.38. The van der Waals surface area contributed by atoms with Gasteiger partial charge in [-0.2, -0.15) is 0 Å². The SMILES string of the molecule is CC(C)(C)OC(=O)N[C@@H](CC=O)c1cccc(F)c1F. The lowest BCUT2D eigenvalue weighted by atomic mass is 10.0. The number of rotatable bonds is 4. The molecule has 0 bridgehead atoms. The standard InChI is InChI=1S/C14H17F2NO3/c1-14(2,3)20-13(19)17-11(7-8-18)9-5-4-6-10(15)12(9)16/h4-6,8,11H,7H2,1-3H3,(H,17,19)/t11-/m0/s1. The first kappa shape index (κ1) is 16.1. The van der Waals surface area contributed by atoms with Crippen molar-refractivity contribution >= 4 is 12.4 Å². The van der Waals surface area contributed by atoms with Crippen LogP contribution in [-0.4, -0.2) is 18.0 Å². The number of hydrogen-bond acceptors (Lipinski definition) is 3. The summed E-state index contributed by atoms with van der Waals surface area (Å²) in [5, 5.41) is 2.36. The van der Waals surface area contributed by atoms with Crippen LogP contribution >= 0.6 is 0 Å². The number of ether oxygens (including phenoxy) is 1. The summed E-state index contributed by atoms with van der Waals surface area (Å²) in [5.41, 5.74) is -0.820. The van der Waals surface area contributed by atoms with Crippen molar-refractivity contribution in [3.8, 4) is 0 Å². The van der Waals surface area contributed by atoms with Gasteiger partial charge in [0.2, 0.25) is 0 Å². The fraction of sp³-hybridized carbons (Fsp3) is 0.429. The van der Waals surface area contributed by atoms with Crippen LogP contribution in [-0.2, 0) is 9.53 Å². The van der Waals surface area contributed by atoms with Gasteiger partial charge in [0.1, 0.15) is 11.9 Å². The Morgan fingerprint density at radius 3 is 2.60 bits per heavy atom. The van der Waals surface area contributed by atoms with E-state index in [0.717, 1.165) is 6.07 Å².